The van der Waals surface area contributed by atoms with Crippen LogP contribution in [0.25, 0.3) is 4.91 Å². The fourth-order valence-corrected chi connectivity index (χ4v) is 4.19. The predicted molar refractivity (Wildman–Crippen MR) is 103 cm³/mol. The van der Waals surface area contributed by atoms with E-state index in [2.05, 4.69) is 10.3 Å². The van der Waals surface area contributed by atoms with E-state index in [0.29, 0.717) is 22.3 Å². The fourth-order valence-electron chi connectivity index (χ4n) is 2.38. The Morgan fingerprint density at radius 2 is 2.08 bits per heavy atom. The van der Waals surface area contributed by atoms with Crippen molar-refractivity contribution in [2.75, 3.05) is 24.3 Å². The first-order valence-corrected chi connectivity index (χ1v) is 9.91. The van der Waals surface area contributed by atoms with Crippen molar-refractivity contribution in [1.29, 1.82) is 0 Å². The van der Waals surface area contributed by atoms with Gasteiger partial charge in [0.1, 0.15) is 4.88 Å². The summed E-state index contributed by atoms with van der Waals surface area (Å²) in [5, 5.41) is 3.08. The summed E-state index contributed by atoms with van der Waals surface area (Å²) in [6.45, 7) is 4.21. The minimum atomic E-state index is -0.434. The topological polar surface area (TPSA) is 77.5 Å². The zero-order chi connectivity index (χ0) is 18.5. The number of aryl methyl sites for hydroxylation is 1. The molecule has 0 aliphatic carbocycles. The number of anilines is 1. The van der Waals surface area contributed by atoms with Crippen molar-refractivity contribution in [3.63, 3.8) is 0 Å². The van der Waals surface area contributed by atoms with E-state index < -0.39 is 5.97 Å². The molecule has 1 aliphatic rings. The van der Waals surface area contributed by atoms with Crippen LogP contribution in [0.4, 0.5) is 5.13 Å². The third kappa shape index (κ3) is 4.08. The molecule has 26 heavy (non-hydrogen) atoms. The Morgan fingerprint density at radius 1 is 1.31 bits per heavy atom. The molecule has 1 aromatic carbocycles. The molecule has 0 fully saturated rings. The number of hydrogen-bond donors (Lipinski definition) is 1. The van der Waals surface area contributed by atoms with Crippen molar-refractivity contribution in [3.05, 3.63) is 52.2 Å². The van der Waals surface area contributed by atoms with Crippen LogP contribution in [0.2, 0.25) is 0 Å². The molecular formula is C18H18N2O4S2. The maximum Gasteiger partial charge on any atom is 0.350 e. The number of rotatable bonds is 5. The molecule has 1 aliphatic heterocycles. The van der Waals surface area contributed by atoms with E-state index in [4.69, 9.17) is 9.47 Å². The first kappa shape index (κ1) is 18.5. The number of benzene rings is 1. The van der Waals surface area contributed by atoms with E-state index in [1.54, 1.807) is 25.6 Å². The van der Waals surface area contributed by atoms with E-state index in [-0.39, 0.29) is 18.3 Å². The molecule has 1 N–H and O–H groups in total. The lowest BCUT2D eigenvalue weighted by Gasteiger charge is -2.20. The van der Waals surface area contributed by atoms with Crippen LogP contribution in [-0.2, 0) is 14.3 Å². The minimum Gasteiger partial charge on any atom is -0.486 e. The minimum absolute atomic E-state index is 0.276. The van der Waals surface area contributed by atoms with Gasteiger partial charge in [-0.25, -0.2) is 9.78 Å². The highest BCUT2D eigenvalue weighted by Gasteiger charge is 2.25. The summed E-state index contributed by atoms with van der Waals surface area (Å²) in [6, 6.07) is 9.65. The molecule has 0 unspecified atom stereocenters. The SMILES string of the molecule is CCOC(=O)c1sc(NC(=O)C2=C(c3ccccc3)SCCO2)nc1C. The Hall–Kier alpha value is -2.32. The van der Waals surface area contributed by atoms with Gasteiger partial charge in [-0.1, -0.05) is 41.7 Å². The van der Waals surface area contributed by atoms with Gasteiger partial charge in [0.05, 0.1) is 23.8 Å². The van der Waals surface area contributed by atoms with Crippen molar-refractivity contribution in [1.82, 2.24) is 4.98 Å². The molecule has 3 rings (SSSR count). The van der Waals surface area contributed by atoms with Gasteiger partial charge in [0, 0.05) is 5.75 Å². The molecule has 8 heteroatoms. The number of carbonyl (C=O) groups is 2. The van der Waals surface area contributed by atoms with Gasteiger partial charge in [0.25, 0.3) is 5.91 Å². The molecule has 0 spiro atoms. The van der Waals surface area contributed by atoms with Crippen LogP contribution in [-0.4, -0.2) is 35.8 Å². The average Bonchev–Trinajstić information content (AvgIpc) is 3.03. The van der Waals surface area contributed by atoms with Crippen LogP contribution in [0.5, 0.6) is 0 Å². The summed E-state index contributed by atoms with van der Waals surface area (Å²) in [4.78, 5) is 30.0. The molecule has 0 atom stereocenters. The highest BCUT2D eigenvalue weighted by Crippen LogP contribution is 2.35. The van der Waals surface area contributed by atoms with Gasteiger partial charge in [-0.05, 0) is 19.4 Å². The molecule has 136 valence electrons. The third-order valence-corrected chi connectivity index (χ3v) is 5.64. The number of nitrogens with one attached hydrogen (secondary N) is 1. The standard InChI is InChI=1S/C18H18N2O4S2/c1-3-23-17(22)14-11(2)19-18(26-14)20-16(21)13-15(25-10-9-24-13)12-7-5-4-6-8-12/h4-8H,3,9-10H2,1-2H3,(H,19,20,21). The van der Waals surface area contributed by atoms with Gasteiger partial charge >= 0.3 is 5.97 Å². The Kier molecular flexibility index (Phi) is 5.95. The number of hydrogen-bond acceptors (Lipinski definition) is 7. The van der Waals surface area contributed by atoms with Crippen molar-refractivity contribution < 1.29 is 19.1 Å². The van der Waals surface area contributed by atoms with Gasteiger partial charge in [-0.15, -0.1) is 11.8 Å². The summed E-state index contributed by atoms with van der Waals surface area (Å²) < 4.78 is 10.6. The van der Waals surface area contributed by atoms with Gasteiger partial charge < -0.3 is 9.47 Å². The van der Waals surface area contributed by atoms with E-state index in [0.717, 1.165) is 27.6 Å². The van der Waals surface area contributed by atoms with Crippen LogP contribution in [0, 0.1) is 6.92 Å². The summed E-state index contributed by atoms with van der Waals surface area (Å²) in [5.41, 5.74) is 1.46. The lowest BCUT2D eigenvalue weighted by Crippen LogP contribution is -2.21. The largest absolute Gasteiger partial charge is 0.486 e. The van der Waals surface area contributed by atoms with E-state index in [1.165, 1.54) is 0 Å². The third-order valence-electron chi connectivity index (χ3n) is 3.50. The second kappa shape index (κ2) is 8.37. The molecule has 0 radical (unpaired) electrons. The highest BCUT2D eigenvalue weighted by atomic mass is 32.2. The number of thiazole rings is 1. The smallest absolute Gasteiger partial charge is 0.350 e. The molecule has 0 saturated heterocycles. The summed E-state index contributed by atoms with van der Waals surface area (Å²) in [7, 11) is 0. The zero-order valence-corrected chi connectivity index (χ0v) is 16.0. The molecule has 2 heterocycles. The van der Waals surface area contributed by atoms with Crippen molar-refractivity contribution in [2.45, 2.75) is 13.8 Å². The predicted octanol–water partition coefficient (Wildman–Crippen LogP) is 3.70. The number of amides is 1. The average molecular weight is 390 g/mol. The van der Waals surface area contributed by atoms with E-state index in [9.17, 15) is 9.59 Å². The van der Waals surface area contributed by atoms with E-state index >= 15 is 0 Å². The van der Waals surface area contributed by atoms with Crippen LogP contribution in [0.15, 0.2) is 36.1 Å². The maximum atomic E-state index is 12.7. The number of carbonyl (C=O) groups excluding carboxylic acids is 2. The monoisotopic (exact) mass is 390 g/mol. The van der Waals surface area contributed by atoms with Gasteiger partial charge in [0.15, 0.2) is 10.9 Å². The molecular weight excluding hydrogens is 372 g/mol. The summed E-state index contributed by atoms with van der Waals surface area (Å²) >= 11 is 2.68. The number of ether oxygens (including phenoxy) is 2. The van der Waals surface area contributed by atoms with Crippen LogP contribution >= 0.6 is 23.1 Å². The number of nitrogens with zero attached hydrogens (tertiary/aromatic N) is 1. The molecule has 0 bridgehead atoms. The first-order chi connectivity index (χ1) is 12.6. The van der Waals surface area contributed by atoms with E-state index in [1.807, 2.05) is 30.3 Å². The first-order valence-electron chi connectivity index (χ1n) is 8.11. The lowest BCUT2D eigenvalue weighted by atomic mass is 10.2. The summed E-state index contributed by atoms with van der Waals surface area (Å²) in [6.07, 6.45) is 0. The van der Waals surface area contributed by atoms with Crippen molar-refractivity contribution in [3.8, 4) is 0 Å². The second-order valence-corrected chi connectivity index (χ2v) is 7.43. The molecule has 6 nitrogen and oxygen atoms in total. The second-order valence-electron chi connectivity index (χ2n) is 5.33. The molecule has 1 aromatic heterocycles. The number of esters is 1. The Labute approximate surface area is 159 Å². The van der Waals surface area contributed by atoms with Gasteiger partial charge in [-0.2, -0.15) is 0 Å². The van der Waals surface area contributed by atoms with Gasteiger partial charge in [0.2, 0.25) is 0 Å². The lowest BCUT2D eigenvalue weighted by molar-refractivity contribution is -0.115. The zero-order valence-electron chi connectivity index (χ0n) is 14.4. The normalized spacial score (nSPS) is 13.9. The van der Waals surface area contributed by atoms with Crippen LogP contribution in [0.1, 0.15) is 27.9 Å². The fraction of sp³-hybridized carbons (Fsp3) is 0.278. The number of aromatic nitrogens is 1. The van der Waals surface area contributed by atoms with Crippen molar-refractivity contribution >= 4 is 45.0 Å². The molecule has 0 saturated carbocycles. The summed E-state index contributed by atoms with van der Waals surface area (Å²) in [5.74, 6) is 0.250. The Morgan fingerprint density at radius 3 is 2.81 bits per heavy atom. The highest BCUT2D eigenvalue weighted by molar-refractivity contribution is 8.08. The Bertz CT molecular complexity index is 846. The molecule has 1 amide bonds. The van der Waals surface area contributed by atoms with Crippen molar-refractivity contribution in [2.24, 2.45) is 0 Å². The quantitative estimate of drug-likeness (QED) is 0.785. The van der Waals surface area contributed by atoms with Crippen LogP contribution < -0.4 is 5.32 Å². The number of thioether (sulfide) groups is 1. The maximum absolute atomic E-state index is 12.7. The Balaban J connectivity index is 1.84. The van der Waals surface area contributed by atoms with Crippen LogP contribution in [0.3, 0.4) is 0 Å². The molecule has 2 aromatic rings. The van der Waals surface area contributed by atoms with Gasteiger partial charge in [-0.3, -0.25) is 10.1 Å².